The molecule has 0 bridgehead atoms. The van der Waals surface area contributed by atoms with Crippen molar-refractivity contribution in [3.8, 4) is 28.1 Å². The lowest BCUT2D eigenvalue weighted by Gasteiger charge is -2.32. The third-order valence-electron chi connectivity index (χ3n) is 7.47. The van der Waals surface area contributed by atoms with Gasteiger partial charge in [-0.1, -0.05) is 78.9 Å². The Kier molecular flexibility index (Phi) is 5.36. The SMILES string of the molecule is CC1(C)OB(c2cccc(-c3nn(-c4ccccc4)c4ccc(-c5ccccc5)cc34)c2)OC1(C)C. The van der Waals surface area contributed by atoms with E-state index in [1.165, 1.54) is 11.1 Å². The van der Waals surface area contributed by atoms with Crippen LogP contribution in [0.4, 0.5) is 0 Å². The first kappa shape index (κ1) is 22.8. The Morgan fingerprint density at radius 2 is 1.28 bits per heavy atom. The summed E-state index contributed by atoms with van der Waals surface area (Å²) in [6.45, 7) is 8.32. The summed E-state index contributed by atoms with van der Waals surface area (Å²) in [5, 5.41) is 6.23. The fourth-order valence-electron chi connectivity index (χ4n) is 4.72. The molecule has 5 heteroatoms. The minimum absolute atomic E-state index is 0.389. The maximum absolute atomic E-state index is 6.33. The molecule has 0 aliphatic carbocycles. The van der Waals surface area contributed by atoms with Gasteiger partial charge in [-0.3, -0.25) is 0 Å². The highest BCUT2D eigenvalue weighted by atomic mass is 16.7. The largest absolute Gasteiger partial charge is 0.494 e. The smallest absolute Gasteiger partial charge is 0.399 e. The molecule has 1 aliphatic heterocycles. The Bertz CT molecular complexity index is 1530. The van der Waals surface area contributed by atoms with Gasteiger partial charge in [-0.05, 0) is 68.6 Å². The zero-order chi connectivity index (χ0) is 24.9. The lowest BCUT2D eigenvalue weighted by molar-refractivity contribution is 0.00578. The number of benzene rings is 4. The fraction of sp³-hybridized carbons (Fsp3) is 0.194. The average molecular weight is 472 g/mol. The van der Waals surface area contributed by atoms with Gasteiger partial charge in [-0.25, -0.2) is 4.68 Å². The number of fused-ring (bicyclic) bond motifs is 1. The van der Waals surface area contributed by atoms with Crippen LogP contribution in [0.25, 0.3) is 39.0 Å². The van der Waals surface area contributed by atoms with Crippen LogP contribution in [0.15, 0.2) is 103 Å². The van der Waals surface area contributed by atoms with Gasteiger partial charge in [0.05, 0.1) is 22.4 Å². The summed E-state index contributed by atoms with van der Waals surface area (Å²) in [4.78, 5) is 0. The van der Waals surface area contributed by atoms with Crippen molar-refractivity contribution < 1.29 is 9.31 Å². The minimum atomic E-state index is -0.419. The van der Waals surface area contributed by atoms with Crippen molar-refractivity contribution in [1.29, 1.82) is 0 Å². The van der Waals surface area contributed by atoms with Crippen molar-refractivity contribution in [2.45, 2.75) is 38.9 Å². The second kappa shape index (κ2) is 8.47. The molecule has 0 spiro atoms. The molecule has 36 heavy (non-hydrogen) atoms. The molecule has 1 aliphatic rings. The molecular weight excluding hydrogens is 443 g/mol. The predicted molar refractivity (Wildman–Crippen MR) is 148 cm³/mol. The first-order chi connectivity index (χ1) is 17.3. The third-order valence-corrected chi connectivity index (χ3v) is 7.47. The number of aromatic nitrogens is 2. The standard InChI is InChI=1S/C31H29BN2O2/c1-30(2)31(3,4)36-32(35-30)25-15-11-14-24(20-25)29-27-21-23(22-12-7-5-8-13-22)18-19-28(27)34(33-29)26-16-9-6-10-17-26/h5-21H,1-4H3. The Labute approximate surface area is 212 Å². The summed E-state index contributed by atoms with van der Waals surface area (Å²) < 4.78 is 14.7. The topological polar surface area (TPSA) is 36.3 Å². The average Bonchev–Trinajstić information content (AvgIpc) is 3.38. The molecule has 1 fully saturated rings. The molecule has 1 saturated heterocycles. The Balaban J connectivity index is 1.50. The lowest BCUT2D eigenvalue weighted by atomic mass is 9.78. The van der Waals surface area contributed by atoms with Crippen molar-refractivity contribution in [2.24, 2.45) is 0 Å². The van der Waals surface area contributed by atoms with E-state index in [4.69, 9.17) is 14.4 Å². The zero-order valence-corrected chi connectivity index (χ0v) is 21.1. The maximum atomic E-state index is 6.33. The highest BCUT2D eigenvalue weighted by Gasteiger charge is 2.51. The molecule has 0 unspecified atom stereocenters. The molecule has 4 aromatic carbocycles. The quantitative estimate of drug-likeness (QED) is 0.275. The van der Waals surface area contributed by atoms with Crippen LogP contribution in [0.3, 0.4) is 0 Å². The van der Waals surface area contributed by atoms with Gasteiger partial charge in [0.1, 0.15) is 5.69 Å². The predicted octanol–water partition coefficient (Wildman–Crippen LogP) is 6.66. The van der Waals surface area contributed by atoms with Crippen LogP contribution in [0.5, 0.6) is 0 Å². The van der Waals surface area contributed by atoms with Gasteiger partial charge >= 0.3 is 7.12 Å². The summed E-state index contributed by atoms with van der Waals surface area (Å²) in [6, 6.07) is 35.7. The number of nitrogens with zero attached hydrogens (tertiary/aromatic N) is 2. The second-order valence-electron chi connectivity index (χ2n) is 10.4. The first-order valence-electron chi connectivity index (χ1n) is 12.4. The fourth-order valence-corrected chi connectivity index (χ4v) is 4.72. The minimum Gasteiger partial charge on any atom is -0.399 e. The van der Waals surface area contributed by atoms with E-state index in [0.29, 0.717) is 0 Å². The number of para-hydroxylation sites is 1. The summed E-state index contributed by atoms with van der Waals surface area (Å²) >= 11 is 0. The van der Waals surface area contributed by atoms with Crippen molar-refractivity contribution in [3.63, 3.8) is 0 Å². The summed E-state index contributed by atoms with van der Waals surface area (Å²) in [7, 11) is -0.419. The second-order valence-corrected chi connectivity index (χ2v) is 10.4. The van der Waals surface area contributed by atoms with Crippen LogP contribution in [0.2, 0.25) is 0 Å². The van der Waals surface area contributed by atoms with Crippen LogP contribution in [-0.2, 0) is 9.31 Å². The van der Waals surface area contributed by atoms with E-state index in [1.807, 2.05) is 28.9 Å². The van der Waals surface area contributed by atoms with Gasteiger partial charge in [0.25, 0.3) is 0 Å². The lowest BCUT2D eigenvalue weighted by Crippen LogP contribution is -2.41. The van der Waals surface area contributed by atoms with E-state index in [0.717, 1.165) is 33.3 Å². The molecule has 2 heterocycles. The number of rotatable bonds is 4. The van der Waals surface area contributed by atoms with Gasteiger partial charge in [0.2, 0.25) is 0 Å². The Hall–Kier alpha value is -3.67. The van der Waals surface area contributed by atoms with Gasteiger partial charge in [-0.15, -0.1) is 0 Å². The zero-order valence-electron chi connectivity index (χ0n) is 21.1. The van der Waals surface area contributed by atoms with E-state index in [2.05, 4.69) is 107 Å². The molecule has 1 aromatic heterocycles. The molecule has 0 saturated carbocycles. The first-order valence-corrected chi connectivity index (χ1v) is 12.4. The Morgan fingerprint density at radius 3 is 1.97 bits per heavy atom. The highest BCUT2D eigenvalue weighted by molar-refractivity contribution is 6.62. The molecule has 0 radical (unpaired) electrons. The molecule has 0 atom stereocenters. The third kappa shape index (κ3) is 3.85. The van der Waals surface area contributed by atoms with Crippen molar-refractivity contribution in [2.75, 3.05) is 0 Å². The molecule has 5 aromatic rings. The van der Waals surface area contributed by atoms with Crippen LogP contribution in [0, 0.1) is 0 Å². The molecule has 0 amide bonds. The van der Waals surface area contributed by atoms with Gasteiger partial charge in [0.15, 0.2) is 0 Å². The summed E-state index contributed by atoms with van der Waals surface area (Å²) in [5.74, 6) is 0. The number of hydrogen-bond acceptors (Lipinski definition) is 3. The van der Waals surface area contributed by atoms with Gasteiger partial charge in [-0.2, -0.15) is 5.10 Å². The van der Waals surface area contributed by atoms with E-state index in [-0.39, 0.29) is 11.2 Å². The van der Waals surface area contributed by atoms with Crippen molar-refractivity contribution >= 4 is 23.5 Å². The van der Waals surface area contributed by atoms with E-state index >= 15 is 0 Å². The summed E-state index contributed by atoms with van der Waals surface area (Å²) in [5.41, 5.74) is 6.63. The van der Waals surface area contributed by atoms with Crippen LogP contribution in [-0.4, -0.2) is 28.1 Å². The molecule has 178 valence electrons. The van der Waals surface area contributed by atoms with E-state index in [9.17, 15) is 0 Å². The van der Waals surface area contributed by atoms with Crippen molar-refractivity contribution in [3.05, 3.63) is 103 Å². The van der Waals surface area contributed by atoms with Crippen LogP contribution in [0.1, 0.15) is 27.7 Å². The van der Waals surface area contributed by atoms with E-state index < -0.39 is 7.12 Å². The van der Waals surface area contributed by atoms with Crippen molar-refractivity contribution in [1.82, 2.24) is 9.78 Å². The normalized spacial score (nSPS) is 16.5. The monoisotopic (exact) mass is 472 g/mol. The number of hydrogen-bond donors (Lipinski definition) is 0. The Morgan fingerprint density at radius 1 is 0.639 bits per heavy atom. The summed E-state index contributed by atoms with van der Waals surface area (Å²) in [6.07, 6.45) is 0. The van der Waals surface area contributed by atoms with Crippen LogP contribution < -0.4 is 5.46 Å². The molecule has 4 nitrogen and oxygen atoms in total. The molecule has 0 N–H and O–H groups in total. The molecular formula is C31H29BN2O2. The maximum Gasteiger partial charge on any atom is 0.494 e. The molecule has 6 rings (SSSR count). The van der Waals surface area contributed by atoms with E-state index in [1.54, 1.807) is 0 Å². The van der Waals surface area contributed by atoms with Gasteiger partial charge < -0.3 is 9.31 Å². The van der Waals surface area contributed by atoms with Crippen LogP contribution >= 0.6 is 0 Å². The highest BCUT2D eigenvalue weighted by Crippen LogP contribution is 2.37. The van der Waals surface area contributed by atoms with Gasteiger partial charge in [0, 0.05) is 10.9 Å².